The summed E-state index contributed by atoms with van der Waals surface area (Å²) in [5.41, 5.74) is 9.25. The third kappa shape index (κ3) is 3.53. The summed E-state index contributed by atoms with van der Waals surface area (Å²) in [6.45, 7) is 9.94. The molecule has 0 aliphatic heterocycles. The van der Waals surface area contributed by atoms with Crippen molar-refractivity contribution in [1.29, 1.82) is 0 Å². The van der Waals surface area contributed by atoms with Crippen molar-refractivity contribution in [2.75, 3.05) is 6.54 Å². The van der Waals surface area contributed by atoms with Crippen LogP contribution in [0.4, 0.5) is 0 Å². The second kappa shape index (κ2) is 6.04. The molecule has 0 unspecified atom stereocenters. The molecule has 0 atom stereocenters. The SMILES string of the molecule is Cc1nn(C)c(CC2(CN)CCC(C(C)(C)C)CC2)c1Br. The van der Waals surface area contributed by atoms with E-state index in [0.29, 0.717) is 5.41 Å². The van der Waals surface area contributed by atoms with Crippen molar-refractivity contribution >= 4 is 15.9 Å². The first-order valence-electron chi connectivity index (χ1n) is 8.06. The Morgan fingerprint density at radius 3 is 2.29 bits per heavy atom. The third-order valence-electron chi connectivity index (χ3n) is 5.51. The zero-order valence-electron chi connectivity index (χ0n) is 14.2. The molecule has 4 heteroatoms. The zero-order valence-corrected chi connectivity index (χ0v) is 15.8. The summed E-state index contributed by atoms with van der Waals surface area (Å²) in [6, 6.07) is 0. The predicted molar refractivity (Wildman–Crippen MR) is 92.2 cm³/mol. The molecule has 1 aliphatic carbocycles. The Bertz CT molecular complexity index is 491. The molecule has 0 radical (unpaired) electrons. The molecule has 0 bridgehead atoms. The van der Waals surface area contributed by atoms with Crippen LogP contribution in [-0.4, -0.2) is 16.3 Å². The lowest BCUT2D eigenvalue weighted by Gasteiger charge is -2.43. The summed E-state index contributed by atoms with van der Waals surface area (Å²) in [7, 11) is 2.04. The highest BCUT2D eigenvalue weighted by Crippen LogP contribution is 2.47. The Morgan fingerprint density at radius 1 is 1.33 bits per heavy atom. The molecular weight excluding hydrogens is 326 g/mol. The van der Waals surface area contributed by atoms with E-state index in [0.717, 1.165) is 29.1 Å². The Morgan fingerprint density at radius 2 is 1.90 bits per heavy atom. The summed E-state index contributed by atoms with van der Waals surface area (Å²) in [6.07, 6.45) is 6.12. The van der Waals surface area contributed by atoms with Gasteiger partial charge in [0.05, 0.1) is 15.9 Å². The van der Waals surface area contributed by atoms with Gasteiger partial charge in [-0.2, -0.15) is 5.10 Å². The van der Waals surface area contributed by atoms with Gasteiger partial charge in [0.1, 0.15) is 0 Å². The van der Waals surface area contributed by atoms with Gasteiger partial charge < -0.3 is 5.73 Å². The predicted octanol–water partition coefficient (Wildman–Crippen LogP) is 4.21. The monoisotopic (exact) mass is 355 g/mol. The molecule has 1 heterocycles. The normalized spacial score (nSPS) is 27.1. The van der Waals surface area contributed by atoms with Crippen LogP contribution in [0.25, 0.3) is 0 Å². The minimum absolute atomic E-state index is 0.254. The zero-order chi connectivity index (χ0) is 15.8. The van der Waals surface area contributed by atoms with E-state index in [2.05, 4.69) is 48.7 Å². The van der Waals surface area contributed by atoms with Gasteiger partial charge in [-0.15, -0.1) is 0 Å². The van der Waals surface area contributed by atoms with Crippen molar-refractivity contribution in [1.82, 2.24) is 9.78 Å². The molecule has 1 saturated carbocycles. The van der Waals surface area contributed by atoms with Gasteiger partial charge >= 0.3 is 0 Å². The first-order chi connectivity index (χ1) is 9.68. The molecule has 3 nitrogen and oxygen atoms in total. The van der Waals surface area contributed by atoms with Crippen LogP contribution in [0.5, 0.6) is 0 Å². The Balaban J connectivity index is 2.14. The van der Waals surface area contributed by atoms with Crippen LogP contribution in [-0.2, 0) is 13.5 Å². The van der Waals surface area contributed by atoms with E-state index < -0.39 is 0 Å². The lowest BCUT2D eigenvalue weighted by molar-refractivity contribution is 0.0912. The molecule has 1 aliphatic rings. The summed E-state index contributed by atoms with van der Waals surface area (Å²) in [5, 5.41) is 4.52. The molecule has 0 aromatic carbocycles. The summed E-state index contributed by atoms with van der Waals surface area (Å²) < 4.78 is 3.18. The minimum Gasteiger partial charge on any atom is -0.330 e. The molecular formula is C17H30BrN3. The van der Waals surface area contributed by atoms with Crippen LogP contribution in [0.15, 0.2) is 4.47 Å². The van der Waals surface area contributed by atoms with Crippen LogP contribution < -0.4 is 5.73 Å². The first kappa shape index (κ1) is 17.0. The smallest absolute Gasteiger partial charge is 0.0738 e. The van der Waals surface area contributed by atoms with Gasteiger partial charge in [-0.1, -0.05) is 20.8 Å². The number of rotatable bonds is 3. The van der Waals surface area contributed by atoms with Crippen LogP contribution in [0, 0.1) is 23.7 Å². The third-order valence-corrected chi connectivity index (χ3v) is 6.54. The maximum absolute atomic E-state index is 6.20. The van der Waals surface area contributed by atoms with Gasteiger partial charge in [-0.25, -0.2) is 0 Å². The highest BCUT2D eigenvalue weighted by molar-refractivity contribution is 9.10. The Kier molecular flexibility index (Phi) is 4.89. The summed E-state index contributed by atoms with van der Waals surface area (Å²) in [4.78, 5) is 0. The first-order valence-corrected chi connectivity index (χ1v) is 8.86. The van der Waals surface area contributed by atoms with E-state index in [9.17, 15) is 0 Å². The fourth-order valence-electron chi connectivity index (χ4n) is 3.78. The molecule has 1 aromatic heterocycles. The number of nitrogens with two attached hydrogens (primary N) is 1. The molecule has 2 rings (SSSR count). The van der Waals surface area contributed by atoms with Crippen molar-refractivity contribution in [3.05, 3.63) is 15.9 Å². The fraction of sp³-hybridized carbons (Fsp3) is 0.824. The van der Waals surface area contributed by atoms with E-state index >= 15 is 0 Å². The molecule has 120 valence electrons. The average Bonchev–Trinajstić information content (AvgIpc) is 2.65. The maximum Gasteiger partial charge on any atom is 0.0738 e. The highest BCUT2D eigenvalue weighted by atomic mass is 79.9. The largest absolute Gasteiger partial charge is 0.330 e. The van der Waals surface area contributed by atoms with Crippen molar-refractivity contribution in [3.8, 4) is 0 Å². The van der Waals surface area contributed by atoms with E-state index in [1.54, 1.807) is 0 Å². The molecule has 1 aromatic rings. The maximum atomic E-state index is 6.20. The Hall–Kier alpha value is -0.350. The van der Waals surface area contributed by atoms with Gasteiger partial charge in [0, 0.05) is 7.05 Å². The van der Waals surface area contributed by atoms with Crippen molar-refractivity contribution in [3.63, 3.8) is 0 Å². The van der Waals surface area contributed by atoms with Gasteiger partial charge in [0.15, 0.2) is 0 Å². The number of nitrogens with zero attached hydrogens (tertiary/aromatic N) is 2. The molecule has 0 spiro atoms. The van der Waals surface area contributed by atoms with E-state index in [1.165, 1.54) is 31.4 Å². The van der Waals surface area contributed by atoms with Crippen molar-refractivity contribution < 1.29 is 0 Å². The van der Waals surface area contributed by atoms with Crippen LogP contribution >= 0.6 is 15.9 Å². The van der Waals surface area contributed by atoms with Gasteiger partial charge in [0.2, 0.25) is 0 Å². The second-order valence-electron chi connectivity index (χ2n) is 7.99. The lowest BCUT2D eigenvalue weighted by Crippen LogP contribution is -2.39. The fourth-order valence-corrected chi connectivity index (χ4v) is 4.25. The van der Waals surface area contributed by atoms with E-state index in [-0.39, 0.29) is 5.41 Å². The topological polar surface area (TPSA) is 43.8 Å². The van der Waals surface area contributed by atoms with Crippen LogP contribution in [0.3, 0.4) is 0 Å². The van der Waals surface area contributed by atoms with Crippen LogP contribution in [0.1, 0.15) is 57.8 Å². The standard InChI is InChI=1S/C17H30BrN3/c1-12-15(18)14(21(5)20-12)10-17(11-19)8-6-13(7-9-17)16(2,3)4/h13H,6-11,19H2,1-5H3. The quantitative estimate of drug-likeness (QED) is 0.881. The minimum atomic E-state index is 0.254. The molecule has 1 fully saturated rings. The number of aryl methyl sites for hydroxylation is 2. The number of aromatic nitrogens is 2. The van der Waals surface area contributed by atoms with Gasteiger partial charge in [0.25, 0.3) is 0 Å². The molecule has 0 amide bonds. The molecule has 21 heavy (non-hydrogen) atoms. The van der Waals surface area contributed by atoms with Gasteiger partial charge in [-0.05, 0) is 78.3 Å². The lowest BCUT2D eigenvalue weighted by atomic mass is 9.62. The Labute approximate surface area is 137 Å². The van der Waals surface area contributed by atoms with E-state index in [4.69, 9.17) is 5.73 Å². The second-order valence-corrected chi connectivity index (χ2v) is 8.78. The molecule has 2 N–H and O–H groups in total. The van der Waals surface area contributed by atoms with Gasteiger partial charge in [-0.3, -0.25) is 4.68 Å². The summed E-state index contributed by atoms with van der Waals surface area (Å²) >= 11 is 3.70. The number of hydrogen-bond donors (Lipinski definition) is 1. The number of halogens is 1. The highest BCUT2D eigenvalue weighted by Gasteiger charge is 2.39. The van der Waals surface area contributed by atoms with Crippen molar-refractivity contribution in [2.45, 2.75) is 59.8 Å². The summed E-state index contributed by atoms with van der Waals surface area (Å²) in [5.74, 6) is 0.828. The van der Waals surface area contributed by atoms with Crippen molar-refractivity contribution in [2.24, 2.45) is 29.5 Å². The van der Waals surface area contributed by atoms with E-state index in [1.807, 2.05) is 11.7 Å². The van der Waals surface area contributed by atoms with Crippen LogP contribution in [0.2, 0.25) is 0 Å². The average molecular weight is 356 g/mol. The molecule has 0 saturated heterocycles. The number of hydrogen-bond acceptors (Lipinski definition) is 2.